The summed E-state index contributed by atoms with van der Waals surface area (Å²) in [4.78, 5) is 24.4. The quantitative estimate of drug-likeness (QED) is 0.600. The molecule has 0 saturated carbocycles. The zero-order chi connectivity index (χ0) is 20.8. The summed E-state index contributed by atoms with van der Waals surface area (Å²) < 4.78 is 38.7. The molecule has 150 valence electrons. The highest BCUT2D eigenvalue weighted by molar-refractivity contribution is 5.99. The number of hydrogen-bond acceptors (Lipinski definition) is 6. The summed E-state index contributed by atoms with van der Waals surface area (Å²) in [5, 5.41) is 6.37. The van der Waals surface area contributed by atoms with E-state index in [4.69, 9.17) is 9.26 Å². The van der Waals surface area contributed by atoms with E-state index in [0.29, 0.717) is 16.9 Å². The molecule has 0 bridgehead atoms. The number of anilines is 1. The fraction of sp³-hybridized carbons (Fsp3) is 0.150. The van der Waals surface area contributed by atoms with E-state index in [-0.39, 0.29) is 17.1 Å². The molecule has 1 aromatic heterocycles. The minimum Gasteiger partial charge on any atom is -0.452 e. The van der Waals surface area contributed by atoms with Gasteiger partial charge in [-0.2, -0.15) is 8.78 Å². The topological polar surface area (TPSA) is 90.7 Å². The molecule has 0 aliphatic heterocycles. The van der Waals surface area contributed by atoms with Gasteiger partial charge in [0.1, 0.15) is 22.8 Å². The molecule has 29 heavy (non-hydrogen) atoms. The van der Waals surface area contributed by atoms with Crippen LogP contribution in [0.3, 0.4) is 0 Å². The molecule has 0 radical (unpaired) electrons. The van der Waals surface area contributed by atoms with Crippen molar-refractivity contribution in [2.75, 3.05) is 11.9 Å². The first-order valence-electron chi connectivity index (χ1n) is 8.47. The minimum absolute atomic E-state index is 0.0409. The molecule has 0 fully saturated rings. The average Bonchev–Trinajstić information content (AvgIpc) is 3.09. The fourth-order valence-electron chi connectivity index (χ4n) is 2.53. The molecule has 1 amide bonds. The molecule has 3 rings (SSSR count). The van der Waals surface area contributed by atoms with Crippen molar-refractivity contribution in [1.29, 1.82) is 0 Å². The molecule has 0 aliphatic rings. The molecule has 1 heterocycles. The molecular weight excluding hydrogens is 386 g/mol. The molecule has 0 spiro atoms. The number of amides is 1. The Morgan fingerprint density at radius 2 is 1.79 bits per heavy atom. The third-order valence-corrected chi connectivity index (χ3v) is 3.81. The smallest absolute Gasteiger partial charge is 0.387 e. The van der Waals surface area contributed by atoms with Crippen molar-refractivity contribution in [2.45, 2.75) is 13.5 Å². The zero-order valence-electron chi connectivity index (χ0n) is 15.2. The second-order valence-electron chi connectivity index (χ2n) is 5.86. The van der Waals surface area contributed by atoms with Gasteiger partial charge in [-0.05, 0) is 31.2 Å². The monoisotopic (exact) mass is 402 g/mol. The number of halogens is 2. The first kappa shape index (κ1) is 20.0. The van der Waals surface area contributed by atoms with E-state index in [2.05, 4.69) is 15.2 Å². The Bertz CT molecular complexity index is 988. The lowest BCUT2D eigenvalue weighted by molar-refractivity contribution is -0.119. The summed E-state index contributed by atoms with van der Waals surface area (Å²) in [5.41, 5.74) is 1.46. The summed E-state index contributed by atoms with van der Waals surface area (Å²) in [5.74, 6) is -1.13. The number of aromatic nitrogens is 1. The Morgan fingerprint density at radius 3 is 2.45 bits per heavy atom. The number of carbonyl (C=O) groups excluding carboxylic acids is 2. The fourth-order valence-corrected chi connectivity index (χ4v) is 2.53. The van der Waals surface area contributed by atoms with Gasteiger partial charge in [0.05, 0.1) is 0 Å². The number of nitrogens with one attached hydrogen (secondary N) is 1. The van der Waals surface area contributed by atoms with Crippen molar-refractivity contribution in [1.82, 2.24) is 5.16 Å². The van der Waals surface area contributed by atoms with Crippen molar-refractivity contribution in [3.63, 3.8) is 0 Å². The molecule has 0 unspecified atom stereocenters. The van der Waals surface area contributed by atoms with Crippen LogP contribution in [-0.2, 0) is 9.53 Å². The van der Waals surface area contributed by atoms with E-state index >= 15 is 0 Å². The van der Waals surface area contributed by atoms with Crippen molar-refractivity contribution in [3.05, 3.63) is 65.9 Å². The number of nitrogens with zero attached hydrogens (tertiary/aromatic N) is 1. The van der Waals surface area contributed by atoms with Gasteiger partial charge in [-0.25, -0.2) is 4.79 Å². The summed E-state index contributed by atoms with van der Waals surface area (Å²) in [6.45, 7) is -1.91. The molecule has 0 aliphatic carbocycles. The molecule has 3 aromatic rings. The first-order valence-corrected chi connectivity index (χ1v) is 8.47. The SMILES string of the molecule is Cc1onc(-c2ccccc2)c1C(=O)OCC(=O)Nc1ccc(OC(F)F)cc1. The maximum atomic E-state index is 12.4. The van der Waals surface area contributed by atoms with Gasteiger partial charge < -0.3 is 19.3 Å². The van der Waals surface area contributed by atoms with Gasteiger partial charge in [-0.15, -0.1) is 0 Å². The number of hydrogen-bond donors (Lipinski definition) is 1. The standard InChI is InChI=1S/C20H16F2N2O5/c1-12-17(18(24-29-12)13-5-3-2-4-6-13)19(26)27-11-16(25)23-14-7-9-15(10-8-14)28-20(21)22/h2-10,20H,11H2,1H3,(H,23,25). The van der Waals surface area contributed by atoms with Crippen molar-refractivity contribution in [3.8, 4) is 17.0 Å². The van der Waals surface area contributed by atoms with Gasteiger partial charge in [0.2, 0.25) is 0 Å². The summed E-state index contributed by atoms with van der Waals surface area (Å²) in [6.07, 6.45) is 0. The van der Waals surface area contributed by atoms with Crippen LogP contribution >= 0.6 is 0 Å². The van der Waals surface area contributed by atoms with Gasteiger partial charge in [0, 0.05) is 11.3 Å². The summed E-state index contributed by atoms with van der Waals surface area (Å²) in [7, 11) is 0. The summed E-state index contributed by atoms with van der Waals surface area (Å²) >= 11 is 0. The Hall–Kier alpha value is -3.75. The second kappa shape index (κ2) is 8.96. The number of ether oxygens (including phenoxy) is 2. The van der Waals surface area contributed by atoms with Gasteiger partial charge in [0.15, 0.2) is 6.61 Å². The van der Waals surface area contributed by atoms with Crippen LogP contribution in [0.1, 0.15) is 16.1 Å². The predicted molar refractivity (Wildman–Crippen MR) is 98.7 cm³/mol. The highest BCUT2D eigenvalue weighted by Gasteiger charge is 2.23. The van der Waals surface area contributed by atoms with Crippen LogP contribution in [0, 0.1) is 6.92 Å². The van der Waals surface area contributed by atoms with E-state index in [9.17, 15) is 18.4 Å². The van der Waals surface area contributed by atoms with Gasteiger partial charge in [-0.3, -0.25) is 4.79 Å². The number of aryl methyl sites for hydroxylation is 1. The van der Waals surface area contributed by atoms with Crippen LogP contribution < -0.4 is 10.1 Å². The van der Waals surface area contributed by atoms with E-state index in [1.807, 2.05) is 6.07 Å². The Labute approximate surface area is 164 Å². The Morgan fingerprint density at radius 1 is 1.10 bits per heavy atom. The Kier molecular flexibility index (Phi) is 6.18. The molecule has 0 atom stereocenters. The molecule has 9 heteroatoms. The lowest BCUT2D eigenvalue weighted by Gasteiger charge is -2.08. The highest BCUT2D eigenvalue weighted by atomic mass is 19.3. The maximum absolute atomic E-state index is 12.4. The molecule has 7 nitrogen and oxygen atoms in total. The summed E-state index contributed by atoms with van der Waals surface area (Å²) in [6, 6.07) is 14.3. The third kappa shape index (κ3) is 5.16. The molecular formula is C20H16F2N2O5. The lowest BCUT2D eigenvalue weighted by atomic mass is 10.1. The normalized spacial score (nSPS) is 10.6. The van der Waals surface area contributed by atoms with Crippen molar-refractivity contribution in [2.24, 2.45) is 0 Å². The number of benzene rings is 2. The van der Waals surface area contributed by atoms with Crippen LogP contribution in [-0.4, -0.2) is 30.3 Å². The second-order valence-corrected chi connectivity index (χ2v) is 5.86. The largest absolute Gasteiger partial charge is 0.452 e. The molecule has 2 aromatic carbocycles. The highest BCUT2D eigenvalue weighted by Crippen LogP contribution is 2.25. The van der Waals surface area contributed by atoms with E-state index in [0.717, 1.165) is 0 Å². The minimum atomic E-state index is -2.93. The first-order chi connectivity index (χ1) is 13.9. The van der Waals surface area contributed by atoms with E-state index in [1.165, 1.54) is 24.3 Å². The van der Waals surface area contributed by atoms with Gasteiger partial charge in [0.25, 0.3) is 5.91 Å². The zero-order valence-corrected chi connectivity index (χ0v) is 15.2. The maximum Gasteiger partial charge on any atom is 0.387 e. The predicted octanol–water partition coefficient (Wildman–Crippen LogP) is 4.05. The molecule has 0 saturated heterocycles. The Balaban J connectivity index is 1.60. The molecule has 1 N–H and O–H groups in total. The van der Waals surface area contributed by atoms with Gasteiger partial charge in [-0.1, -0.05) is 35.5 Å². The van der Waals surface area contributed by atoms with Gasteiger partial charge >= 0.3 is 12.6 Å². The van der Waals surface area contributed by atoms with E-state index in [1.54, 1.807) is 31.2 Å². The number of esters is 1. The number of rotatable bonds is 7. The van der Waals surface area contributed by atoms with Crippen LogP contribution in [0.4, 0.5) is 14.5 Å². The van der Waals surface area contributed by atoms with Crippen LogP contribution in [0.15, 0.2) is 59.1 Å². The van der Waals surface area contributed by atoms with Crippen LogP contribution in [0.25, 0.3) is 11.3 Å². The van der Waals surface area contributed by atoms with Crippen molar-refractivity contribution >= 4 is 17.6 Å². The number of alkyl halides is 2. The lowest BCUT2D eigenvalue weighted by Crippen LogP contribution is -2.21. The third-order valence-electron chi connectivity index (χ3n) is 3.81. The average molecular weight is 402 g/mol. The van der Waals surface area contributed by atoms with Crippen LogP contribution in [0.5, 0.6) is 5.75 Å². The number of carbonyl (C=O) groups is 2. The van der Waals surface area contributed by atoms with Crippen molar-refractivity contribution < 1.29 is 32.4 Å². The van der Waals surface area contributed by atoms with Crippen LogP contribution in [0.2, 0.25) is 0 Å². The van der Waals surface area contributed by atoms with E-state index < -0.39 is 25.1 Å².